The van der Waals surface area contributed by atoms with Gasteiger partial charge in [-0.1, -0.05) is 6.92 Å². The Labute approximate surface area is 177 Å². The molecule has 3 fully saturated rings. The maximum Gasteiger partial charge on any atom is 0.240 e. The van der Waals surface area contributed by atoms with Gasteiger partial charge in [-0.2, -0.15) is 5.26 Å². The standard InChI is InChI=1S/C21H23BrFN5O/c1-3-14-26-18-20(28(14)19-11-8-13(19)25-9-11)12-7-10(5-4-6-24)15(22)16(23)17(12)27-21(18)29-2/h7,11,13-14,19,25-26H,3-5,8-9H2,1-2H3. The number of methoxy groups -OCH3 is 1. The van der Waals surface area contributed by atoms with Crippen LogP contribution >= 0.6 is 15.9 Å². The number of pyridine rings is 1. The van der Waals surface area contributed by atoms with Gasteiger partial charge >= 0.3 is 0 Å². The molecule has 4 unspecified atom stereocenters. The van der Waals surface area contributed by atoms with Crippen molar-refractivity contribution in [2.75, 3.05) is 23.9 Å². The second-order valence-electron chi connectivity index (χ2n) is 8.04. The minimum absolute atomic E-state index is 0.121. The van der Waals surface area contributed by atoms with Gasteiger partial charge in [0.15, 0.2) is 5.82 Å². The molecular weight excluding hydrogens is 437 g/mol. The molecule has 1 aromatic carbocycles. The summed E-state index contributed by atoms with van der Waals surface area (Å²) in [7, 11) is 1.57. The zero-order valence-electron chi connectivity index (χ0n) is 16.4. The Kier molecular flexibility index (Phi) is 4.56. The van der Waals surface area contributed by atoms with E-state index in [2.05, 4.69) is 49.4 Å². The fourth-order valence-corrected chi connectivity index (χ4v) is 5.69. The Morgan fingerprint density at radius 1 is 1.48 bits per heavy atom. The lowest BCUT2D eigenvalue weighted by Gasteiger charge is -2.45. The molecule has 0 radical (unpaired) electrons. The van der Waals surface area contributed by atoms with Crippen molar-refractivity contribution in [2.45, 2.75) is 50.9 Å². The minimum atomic E-state index is -0.397. The van der Waals surface area contributed by atoms with E-state index in [0.717, 1.165) is 35.3 Å². The predicted molar refractivity (Wildman–Crippen MR) is 114 cm³/mol. The van der Waals surface area contributed by atoms with Gasteiger partial charge in [0, 0.05) is 24.4 Å². The maximum atomic E-state index is 15.3. The zero-order chi connectivity index (χ0) is 20.3. The number of aryl methyl sites for hydroxylation is 1. The van der Waals surface area contributed by atoms with Gasteiger partial charge in [-0.15, -0.1) is 0 Å². The third kappa shape index (κ3) is 2.63. The highest BCUT2D eigenvalue weighted by Gasteiger charge is 2.53. The zero-order valence-corrected chi connectivity index (χ0v) is 18.0. The molecular formula is C21H23BrFN5O. The first-order valence-corrected chi connectivity index (χ1v) is 10.9. The molecule has 1 aromatic heterocycles. The number of rotatable bonds is 5. The van der Waals surface area contributed by atoms with Crippen molar-refractivity contribution in [1.82, 2.24) is 10.3 Å². The van der Waals surface area contributed by atoms with Crippen LogP contribution in [0.4, 0.5) is 15.8 Å². The Balaban J connectivity index is 1.75. The topological polar surface area (TPSA) is 73.2 Å². The van der Waals surface area contributed by atoms with Crippen LogP contribution in [0.25, 0.3) is 10.9 Å². The summed E-state index contributed by atoms with van der Waals surface area (Å²) in [5, 5.41) is 17.0. The largest absolute Gasteiger partial charge is 0.479 e. The number of benzene rings is 1. The van der Waals surface area contributed by atoms with Crippen molar-refractivity contribution in [3.8, 4) is 11.9 Å². The monoisotopic (exact) mass is 459 g/mol. The predicted octanol–water partition coefficient (Wildman–Crippen LogP) is 3.93. The van der Waals surface area contributed by atoms with Gasteiger partial charge in [-0.3, -0.25) is 0 Å². The smallest absolute Gasteiger partial charge is 0.240 e. The van der Waals surface area contributed by atoms with Gasteiger partial charge in [-0.25, -0.2) is 9.37 Å². The van der Waals surface area contributed by atoms with Crippen LogP contribution in [-0.2, 0) is 6.42 Å². The Morgan fingerprint density at radius 2 is 2.31 bits per heavy atom. The summed E-state index contributed by atoms with van der Waals surface area (Å²) in [6.45, 7) is 3.19. The molecule has 6 nitrogen and oxygen atoms in total. The van der Waals surface area contributed by atoms with Crippen LogP contribution in [0.2, 0.25) is 0 Å². The van der Waals surface area contributed by atoms with Gasteiger partial charge in [0.2, 0.25) is 5.88 Å². The molecule has 2 aromatic rings. The average molecular weight is 460 g/mol. The highest BCUT2D eigenvalue weighted by molar-refractivity contribution is 9.10. The number of halogens is 2. The summed E-state index contributed by atoms with van der Waals surface area (Å²) in [6, 6.07) is 5.00. The normalized spacial score (nSPS) is 26.8. The van der Waals surface area contributed by atoms with E-state index in [0.29, 0.717) is 46.7 Å². The molecule has 3 aliphatic heterocycles. The third-order valence-corrected chi connectivity index (χ3v) is 7.44. The van der Waals surface area contributed by atoms with E-state index in [-0.39, 0.29) is 6.17 Å². The molecule has 2 N–H and O–H groups in total. The summed E-state index contributed by atoms with van der Waals surface area (Å²) >= 11 is 3.38. The van der Waals surface area contributed by atoms with Crippen LogP contribution in [0.1, 0.15) is 31.7 Å². The number of ether oxygens (including phenoxy) is 1. The number of nitriles is 1. The fraction of sp³-hybridized carbons (Fsp3) is 0.524. The highest BCUT2D eigenvalue weighted by Crippen LogP contribution is 2.52. The first-order chi connectivity index (χ1) is 14.1. The van der Waals surface area contributed by atoms with Crippen LogP contribution < -0.4 is 20.3 Å². The number of anilines is 2. The average Bonchev–Trinajstić information content (AvgIpc) is 3.44. The highest BCUT2D eigenvalue weighted by atomic mass is 79.9. The van der Waals surface area contributed by atoms with Crippen LogP contribution in [0, 0.1) is 23.1 Å². The molecule has 8 heteroatoms. The summed E-state index contributed by atoms with van der Waals surface area (Å²) in [5.41, 5.74) is 2.91. The lowest BCUT2D eigenvalue weighted by molar-refractivity contribution is 0.275. The van der Waals surface area contributed by atoms with Crippen LogP contribution in [0.5, 0.6) is 5.88 Å². The van der Waals surface area contributed by atoms with Gasteiger partial charge < -0.3 is 20.3 Å². The number of fused-ring (bicyclic) bond motifs is 4. The first kappa shape index (κ1) is 18.9. The molecule has 29 heavy (non-hydrogen) atoms. The molecule has 152 valence electrons. The van der Waals surface area contributed by atoms with Crippen molar-refractivity contribution in [3.63, 3.8) is 0 Å². The number of hydrogen-bond acceptors (Lipinski definition) is 6. The summed E-state index contributed by atoms with van der Waals surface area (Å²) < 4.78 is 21.3. The summed E-state index contributed by atoms with van der Waals surface area (Å²) in [6.07, 6.45) is 3.06. The van der Waals surface area contributed by atoms with Crippen LogP contribution in [-0.4, -0.2) is 36.9 Å². The second kappa shape index (κ2) is 6.99. The van der Waals surface area contributed by atoms with Crippen LogP contribution in [0.15, 0.2) is 10.5 Å². The van der Waals surface area contributed by atoms with E-state index in [4.69, 9.17) is 10.00 Å². The van der Waals surface area contributed by atoms with E-state index in [1.165, 1.54) is 6.42 Å². The minimum Gasteiger partial charge on any atom is -0.479 e. The molecule has 2 bridgehead atoms. The van der Waals surface area contributed by atoms with Crippen molar-refractivity contribution in [1.29, 1.82) is 5.26 Å². The maximum absolute atomic E-state index is 15.3. The van der Waals surface area contributed by atoms with E-state index in [1.807, 2.05) is 6.07 Å². The van der Waals surface area contributed by atoms with Crippen molar-refractivity contribution in [2.24, 2.45) is 5.92 Å². The van der Waals surface area contributed by atoms with E-state index >= 15 is 4.39 Å². The fourth-order valence-electron chi connectivity index (χ4n) is 5.19. The third-order valence-electron chi connectivity index (χ3n) is 6.58. The van der Waals surface area contributed by atoms with Gasteiger partial charge in [0.05, 0.1) is 35.5 Å². The van der Waals surface area contributed by atoms with Gasteiger partial charge in [0.25, 0.3) is 0 Å². The van der Waals surface area contributed by atoms with Gasteiger partial charge in [0.1, 0.15) is 11.2 Å². The lowest BCUT2D eigenvalue weighted by Crippen LogP contribution is -2.57. The first-order valence-electron chi connectivity index (χ1n) is 10.1. The van der Waals surface area contributed by atoms with E-state index in [1.54, 1.807) is 7.11 Å². The number of nitrogens with zero attached hydrogens (tertiary/aromatic N) is 3. The second-order valence-corrected chi connectivity index (χ2v) is 8.83. The van der Waals surface area contributed by atoms with Crippen molar-refractivity contribution in [3.05, 3.63) is 21.9 Å². The summed E-state index contributed by atoms with van der Waals surface area (Å²) in [4.78, 5) is 6.94. The molecule has 1 saturated carbocycles. The number of hydrogen-bond donors (Lipinski definition) is 2. The van der Waals surface area contributed by atoms with Crippen molar-refractivity contribution >= 4 is 38.2 Å². The Bertz CT molecular complexity index is 1020. The molecule has 4 aliphatic rings. The molecule has 0 spiro atoms. The molecule has 1 aliphatic carbocycles. The van der Waals surface area contributed by atoms with E-state index < -0.39 is 5.82 Å². The van der Waals surface area contributed by atoms with Crippen molar-refractivity contribution < 1.29 is 9.13 Å². The van der Waals surface area contributed by atoms with E-state index in [9.17, 15) is 0 Å². The quantitative estimate of drug-likeness (QED) is 0.705. The Morgan fingerprint density at radius 3 is 2.93 bits per heavy atom. The molecule has 6 rings (SSSR count). The molecule has 2 saturated heterocycles. The molecule has 4 heterocycles. The molecule has 0 amide bonds. The lowest BCUT2D eigenvalue weighted by atomic mass is 9.78. The SMILES string of the molecule is CCC1Nc2c(OC)nc3c(F)c(Br)c(CCC#N)cc3c2N1C1C2CNC1C2. The summed E-state index contributed by atoms with van der Waals surface area (Å²) in [5.74, 6) is 0.629. The molecule has 4 atom stereocenters. The van der Waals surface area contributed by atoms with Crippen LogP contribution in [0.3, 0.4) is 0 Å². The van der Waals surface area contributed by atoms with Gasteiger partial charge in [-0.05, 0) is 52.7 Å². The number of aromatic nitrogens is 1. The Hall–Kier alpha value is -2.11. The number of nitrogens with one attached hydrogen (secondary N) is 2.